The molecule has 0 spiro atoms. The first-order chi connectivity index (χ1) is 7.25. The maximum absolute atomic E-state index is 5.97. The normalized spacial score (nSPS) is 10.2. The highest BCUT2D eigenvalue weighted by Gasteiger charge is 2.02. The number of nitrogens with zero attached hydrogens (tertiary/aromatic N) is 1. The molecule has 3 nitrogen and oxygen atoms in total. The molecule has 0 atom stereocenters. The molecule has 0 aliphatic rings. The number of rotatable bonds is 3. The Morgan fingerprint density at radius 3 is 3.07 bits per heavy atom. The van der Waals surface area contributed by atoms with Gasteiger partial charge in [0.15, 0.2) is 0 Å². The Labute approximate surface area is 96.9 Å². The summed E-state index contributed by atoms with van der Waals surface area (Å²) in [6.45, 7) is 0.730. The van der Waals surface area contributed by atoms with Gasteiger partial charge in [-0.25, -0.2) is 4.98 Å². The Morgan fingerprint density at radius 2 is 2.40 bits per heavy atom. The maximum atomic E-state index is 5.97. The highest BCUT2D eigenvalue weighted by atomic mass is 35.5. The molecule has 0 unspecified atom stereocenters. The number of thiophene rings is 1. The van der Waals surface area contributed by atoms with Gasteiger partial charge in [-0.2, -0.15) is 0 Å². The molecule has 3 N–H and O–H groups in total. The van der Waals surface area contributed by atoms with Crippen molar-refractivity contribution in [1.29, 1.82) is 0 Å². The van der Waals surface area contributed by atoms with Crippen LogP contribution in [0.15, 0.2) is 29.8 Å². The molecule has 78 valence electrons. The second-order valence-electron chi connectivity index (χ2n) is 3.03. The quantitative estimate of drug-likeness (QED) is 0.866. The number of halogens is 1. The maximum Gasteiger partial charge on any atom is 0.145 e. The summed E-state index contributed by atoms with van der Waals surface area (Å²) in [5, 5.41) is 5.74. The zero-order valence-corrected chi connectivity index (χ0v) is 9.48. The number of aromatic nitrogens is 1. The van der Waals surface area contributed by atoms with E-state index in [1.807, 2.05) is 11.4 Å². The van der Waals surface area contributed by atoms with Crippen LogP contribution in [0.4, 0.5) is 11.5 Å². The molecule has 0 fully saturated rings. The average Bonchev–Trinajstić information content (AvgIpc) is 2.69. The predicted molar refractivity (Wildman–Crippen MR) is 65.3 cm³/mol. The Morgan fingerprint density at radius 1 is 1.53 bits per heavy atom. The smallest absolute Gasteiger partial charge is 0.145 e. The van der Waals surface area contributed by atoms with Gasteiger partial charge in [0, 0.05) is 4.88 Å². The van der Waals surface area contributed by atoms with Crippen LogP contribution in [-0.4, -0.2) is 4.98 Å². The Hall–Kier alpha value is -1.26. The standard InChI is InChI=1S/C10H10ClN3S/c11-9-4-7(12)5-13-10(9)14-6-8-2-1-3-15-8/h1-5H,6,12H2,(H,13,14). The largest absolute Gasteiger partial charge is 0.397 e. The third-order valence-electron chi connectivity index (χ3n) is 1.87. The molecular formula is C10H10ClN3S. The Balaban J connectivity index is 2.05. The SMILES string of the molecule is Nc1cnc(NCc2cccs2)c(Cl)c1. The van der Waals surface area contributed by atoms with Gasteiger partial charge >= 0.3 is 0 Å². The topological polar surface area (TPSA) is 50.9 Å². The van der Waals surface area contributed by atoms with Crippen molar-refractivity contribution in [2.45, 2.75) is 6.54 Å². The molecule has 0 amide bonds. The van der Waals surface area contributed by atoms with E-state index in [2.05, 4.69) is 16.4 Å². The van der Waals surface area contributed by atoms with E-state index < -0.39 is 0 Å². The molecule has 0 aromatic carbocycles. The van der Waals surface area contributed by atoms with Gasteiger partial charge in [-0.1, -0.05) is 17.7 Å². The lowest BCUT2D eigenvalue weighted by Crippen LogP contribution is -2.01. The highest BCUT2D eigenvalue weighted by molar-refractivity contribution is 7.09. The molecule has 2 heterocycles. The number of nitrogens with two attached hydrogens (primary N) is 1. The zero-order valence-electron chi connectivity index (χ0n) is 7.90. The summed E-state index contributed by atoms with van der Waals surface area (Å²) in [5.41, 5.74) is 6.12. The lowest BCUT2D eigenvalue weighted by Gasteiger charge is -2.06. The molecule has 2 rings (SSSR count). The van der Waals surface area contributed by atoms with Gasteiger partial charge in [0.25, 0.3) is 0 Å². The molecule has 0 aliphatic carbocycles. The summed E-state index contributed by atoms with van der Waals surface area (Å²) < 4.78 is 0. The van der Waals surface area contributed by atoms with Crippen molar-refractivity contribution < 1.29 is 0 Å². The van der Waals surface area contributed by atoms with Crippen molar-refractivity contribution in [3.8, 4) is 0 Å². The number of pyridine rings is 1. The van der Waals surface area contributed by atoms with Crippen molar-refractivity contribution in [1.82, 2.24) is 4.98 Å². The first-order valence-electron chi connectivity index (χ1n) is 4.43. The number of hydrogen-bond donors (Lipinski definition) is 2. The first-order valence-corrected chi connectivity index (χ1v) is 5.69. The lowest BCUT2D eigenvalue weighted by molar-refractivity contribution is 1.14. The molecule has 0 saturated heterocycles. The van der Waals surface area contributed by atoms with Crippen molar-refractivity contribution in [3.05, 3.63) is 39.7 Å². The second kappa shape index (κ2) is 4.51. The van der Waals surface area contributed by atoms with E-state index in [9.17, 15) is 0 Å². The molecule has 5 heteroatoms. The molecule has 0 aliphatic heterocycles. The fourth-order valence-electron chi connectivity index (χ4n) is 1.17. The van der Waals surface area contributed by atoms with E-state index in [1.165, 1.54) is 4.88 Å². The molecule has 2 aromatic rings. The molecule has 0 radical (unpaired) electrons. The minimum atomic E-state index is 0.548. The van der Waals surface area contributed by atoms with Crippen molar-refractivity contribution in [2.75, 3.05) is 11.1 Å². The number of nitrogen functional groups attached to an aromatic ring is 1. The van der Waals surface area contributed by atoms with Gasteiger partial charge < -0.3 is 11.1 Å². The van der Waals surface area contributed by atoms with Gasteiger partial charge in [-0.15, -0.1) is 11.3 Å². The van der Waals surface area contributed by atoms with Crippen LogP contribution < -0.4 is 11.1 Å². The van der Waals surface area contributed by atoms with Gasteiger partial charge in [0.2, 0.25) is 0 Å². The van der Waals surface area contributed by atoms with E-state index in [0.717, 1.165) is 6.54 Å². The van der Waals surface area contributed by atoms with Crippen LogP contribution in [0.25, 0.3) is 0 Å². The number of nitrogens with one attached hydrogen (secondary N) is 1. The minimum Gasteiger partial charge on any atom is -0.397 e. The molecule has 0 bridgehead atoms. The monoisotopic (exact) mass is 239 g/mol. The van der Waals surface area contributed by atoms with E-state index in [-0.39, 0.29) is 0 Å². The van der Waals surface area contributed by atoms with E-state index in [4.69, 9.17) is 17.3 Å². The summed E-state index contributed by atoms with van der Waals surface area (Å²) in [6.07, 6.45) is 1.59. The third kappa shape index (κ3) is 2.61. The van der Waals surface area contributed by atoms with Crippen molar-refractivity contribution >= 4 is 34.4 Å². The number of anilines is 2. The fourth-order valence-corrected chi connectivity index (χ4v) is 2.05. The summed E-state index contributed by atoms with van der Waals surface area (Å²) in [4.78, 5) is 5.35. The summed E-state index contributed by atoms with van der Waals surface area (Å²) in [7, 11) is 0. The third-order valence-corrected chi connectivity index (χ3v) is 3.04. The van der Waals surface area contributed by atoms with Crippen LogP contribution in [0.2, 0.25) is 5.02 Å². The van der Waals surface area contributed by atoms with Gasteiger partial charge in [-0.3, -0.25) is 0 Å². The summed E-state index contributed by atoms with van der Waals surface area (Å²) >= 11 is 7.66. The van der Waals surface area contributed by atoms with Gasteiger partial charge in [0.1, 0.15) is 5.82 Å². The lowest BCUT2D eigenvalue weighted by atomic mass is 10.4. The van der Waals surface area contributed by atoms with E-state index in [1.54, 1.807) is 23.6 Å². The van der Waals surface area contributed by atoms with Crippen molar-refractivity contribution in [2.24, 2.45) is 0 Å². The molecule has 2 aromatic heterocycles. The van der Waals surface area contributed by atoms with Crippen LogP contribution in [-0.2, 0) is 6.54 Å². The van der Waals surface area contributed by atoms with E-state index in [0.29, 0.717) is 16.5 Å². The van der Waals surface area contributed by atoms with E-state index >= 15 is 0 Å². The second-order valence-corrected chi connectivity index (χ2v) is 4.47. The zero-order chi connectivity index (χ0) is 10.7. The number of hydrogen-bond acceptors (Lipinski definition) is 4. The Bertz CT molecular complexity index is 442. The fraction of sp³-hybridized carbons (Fsp3) is 0.100. The van der Waals surface area contributed by atoms with Gasteiger partial charge in [-0.05, 0) is 17.5 Å². The van der Waals surface area contributed by atoms with Crippen LogP contribution in [0, 0.1) is 0 Å². The average molecular weight is 240 g/mol. The molecular weight excluding hydrogens is 230 g/mol. The van der Waals surface area contributed by atoms with Crippen LogP contribution in [0.5, 0.6) is 0 Å². The van der Waals surface area contributed by atoms with Gasteiger partial charge in [0.05, 0.1) is 23.5 Å². The minimum absolute atomic E-state index is 0.548. The molecule has 0 saturated carbocycles. The summed E-state index contributed by atoms with van der Waals surface area (Å²) in [6, 6.07) is 5.76. The predicted octanol–water partition coefficient (Wildman–Crippen LogP) is 2.99. The first kappa shape index (κ1) is 10.3. The van der Waals surface area contributed by atoms with Crippen molar-refractivity contribution in [3.63, 3.8) is 0 Å². The van der Waals surface area contributed by atoms with Crippen LogP contribution in [0.1, 0.15) is 4.88 Å². The van der Waals surface area contributed by atoms with Crippen LogP contribution >= 0.6 is 22.9 Å². The highest BCUT2D eigenvalue weighted by Crippen LogP contribution is 2.22. The Kier molecular flexibility index (Phi) is 3.08. The summed E-state index contributed by atoms with van der Waals surface area (Å²) in [5.74, 6) is 0.666. The van der Waals surface area contributed by atoms with Crippen LogP contribution in [0.3, 0.4) is 0 Å². The molecule has 15 heavy (non-hydrogen) atoms.